The van der Waals surface area contributed by atoms with Crippen molar-refractivity contribution in [1.82, 2.24) is 9.47 Å². The van der Waals surface area contributed by atoms with Crippen LogP contribution in [0, 0.1) is 11.3 Å². The number of carbonyl (C=O) groups is 2. The molecule has 9 nitrogen and oxygen atoms in total. The lowest BCUT2D eigenvalue weighted by atomic mass is 9.83. The Hall–Kier alpha value is -3.84. The zero-order valence-electron chi connectivity index (χ0n) is 17.3. The smallest absolute Gasteiger partial charge is 0.332 e. The lowest BCUT2D eigenvalue weighted by Crippen LogP contribution is -2.41. The largest absolute Gasteiger partial charge is 0.497 e. The molecule has 1 aromatic carbocycles. The molecule has 1 aliphatic heterocycles. The van der Waals surface area contributed by atoms with Crippen LogP contribution >= 0.6 is 11.3 Å². The zero-order chi connectivity index (χ0) is 22.9. The summed E-state index contributed by atoms with van der Waals surface area (Å²) in [5.74, 6) is -1.49. The predicted octanol–water partition coefficient (Wildman–Crippen LogP) is 0.195. The molecule has 168 valence electrons. The first-order valence-electron chi connectivity index (χ1n) is 9.06. The lowest BCUT2D eigenvalue weighted by molar-refractivity contribution is -0.133. The average molecular weight is 457 g/mol. The van der Waals surface area contributed by atoms with Gasteiger partial charge in [-0.05, 0) is 17.7 Å². The fraction of sp³-hybridized carbons (Fsp3) is 0.273. The molecule has 0 aliphatic carbocycles. The van der Waals surface area contributed by atoms with Gasteiger partial charge < -0.3 is 20.1 Å². The molecule has 3 rings (SSSR count). The van der Waals surface area contributed by atoms with E-state index in [1.807, 2.05) is 0 Å². The van der Waals surface area contributed by atoms with Crippen LogP contribution in [-0.4, -0.2) is 49.7 Å². The van der Waals surface area contributed by atoms with Crippen molar-refractivity contribution in [3.05, 3.63) is 55.0 Å². The lowest BCUT2D eigenvalue weighted by Gasteiger charge is -2.27. The highest BCUT2D eigenvalue weighted by molar-refractivity contribution is 7.07. The highest BCUT2D eigenvalue weighted by Gasteiger charge is 2.36. The van der Waals surface area contributed by atoms with Gasteiger partial charge in [-0.2, -0.15) is 5.26 Å². The minimum atomic E-state index is -0.820. The van der Waals surface area contributed by atoms with Gasteiger partial charge >= 0.3 is 5.97 Å². The molecule has 2 N–H and O–H groups in total. The van der Waals surface area contributed by atoms with E-state index in [1.54, 1.807) is 38.4 Å². The van der Waals surface area contributed by atoms with Gasteiger partial charge in [-0.3, -0.25) is 14.2 Å². The first-order chi connectivity index (χ1) is 14.7. The number of rotatable bonds is 4. The van der Waals surface area contributed by atoms with Gasteiger partial charge in [-0.1, -0.05) is 19.6 Å². The standard InChI is InChI=1S/C21H20N4O5S.CH4/c1-24(2)20(28)17-16(11-6-5-7-12(8-11)29-3)13(10-22)18(23)25-19(27)14(31-21(17)25)9-15(26)30-4;/h5-9,16H,23H2,1-4H3;1H4/b14-9-;. The Labute approximate surface area is 188 Å². The van der Waals surface area contributed by atoms with Crippen molar-refractivity contribution in [1.29, 1.82) is 5.26 Å². The van der Waals surface area contributed by atoms with Gasteiger partial charge in [0.15, 0.2) is 0 Å². The summed E-state index contributed by atoms with van der Waals surface area (Å²) in [6.07, 6.45) is 1.04. The summed E-state index contributed by atoms with van der Waals surface area (Å²) in [6, 6.07) is 9.00. The van der Waals surface area contributed by atoms with Gasteiger partial charge in [-0.25, -0.2) is 4.79 Å². The Morgan fingerprint density at radius 3 is 2.56 bits per heavy atom. The number of carbonyl (C=O) groups excluding carboxylic acids is 2. The third kappa shape index (κ3) is 4.02. The summed E-state index contributed by atoms with van der Waals surface area (Å²) >= 11 is 0.939. The van der Waals surface area contributed by atoms with E-state index in [2.05, 4.69) is 10.8 Å². The van der Waals surface area contributed by atoms with E-state index in [9.17, 15) is 19.6 Å². The van der Waals surface area contributed by atoms with Crippen molar-refractivity contribution in [3.8, 4) is 11.8 Å². The van der Waals surface area contributed by atoms with Gasteiger partial charge in [-0.15, -0.1) is 11.3 Å². The summed E-state index contributed by atoms with van der Waals surface area (Å²) in [5, 5.41) is 9.91. The van der Waals surface area contributed by atoms with Crippen LogP contribution in [-0.2, 0) is 14.3 Å². The second-order valence-electron chi connectivity index (χ2n) is 6.81. The van der Waals surface area contributed by atoms with Crippen molar-refractivity contribution in [2.45, 2.75) is 13.3 Å². The molecule has 0 saturated carbocycles. The van der Waals surface area contributed by atoms with E-state index in [4.69, 9.17) is 10.5 Å². The van der Waals surface area contributed by atoms with Crippen LogP contribution in [0.4, 0.5) is 0 Å². The summed E-state index contributed by atoms with van der Waals surface area (Å²) < 4.78 is 11.3. The summed E-state index contributed by atoms with van der Waals surface area (Å²) in [4.78, 5) is 39.3. The van der Waals surface area contributed by atoms with Crippen LogP contribution in [0.1, 0.15) is 18.9 Å². The molecule has 0 fully saturated rings. The van der Waals surface area contributed by atoms with E-state index < -0.39 is 23.4 Å². The first-order valence-corrected chi connectivity index (χ1v) is 9.88. The summed E-state index contributed by atoms with van der Waals surface area (Å²) in [6.45, 7) is 0. The van der Waals surface area contributed by atoms with Crippen LogP contribution < -0.4 is 25.2 Å². The predicted molar refractivity (Wildman–Crippen MR) is 122 cm³/mol. The third-order valence-electron chi connectivity index (χ3n) is 4.78. The Kier molecular flexibility index (Phi) is 7.28. The second-order valence-corrected chi connectivity index (χ2v) is 7.84. The minimum absolute atomic E-state index is 0. The van der Waals surface area contributed by atoms with E-state index in [1.165, 1.54) is 19.1 Å². The van der Waals surface area contributed by atoms with E-state index in [0.717, 1.165) is 22.0 Å². The second kappa shape index (κ2) is 9.53. The molecule has 1 atom stereocenters. The third-order valence-corrected chi connectivity index (χ3v) is 5.89. The topological polar surface area (TPSA) is 128 Å². The molecule has 0 saturated heterocycles. The number of aromatic nitrogens is 1. The van der Waals surface area contributed by atoms with Crippen LogP contribution in [0.5, 0.6) is 5.75 Å². The van der Waals surface area contributed by atoms with E-state index in [-0.39, 0.29) is 33.6 Å². The molecule has 32 heavy (non-hydrogen) atoms. The number of nitrogens with two attached hydrogens (primary N) is 1. The molecular weight excluding hydrogens is 432 g/mol. The maximum absolute atomic E-state index is 13.2. The number of esters is 1. The highest BCUT2D eigenvalue weighted by atomic mass is 32.1. The van der Waals surface area contributed by atoms with Crippen LogP contribution in [0.2, 0.25) is 0 Å². The number of fused-ring (bicyclic) bond motifs is 1. The molecule has 1 amide bonds. The number of thiazole rings is 1. The molecular formula is C22H24N4O5S. The number of nitrogens with zero attached hydrogens (tertiary/aromatic N) is 3. The Morgan fingerprint density at radius 1 is 1.31 bits per heavy atom. The van der Waals surface area contributed by atoms with Gasteiger partial charge in [0.05, 0.1) is 37.4 Å². The molecule has 2 aromatic rings. The van der Waals surface area contributed by atoms with Gasteiger partial charge in [0.1, 0.15) is 20.8 Å². The number of amides is 1. The number of ether oxygens (including phenoxy) is 2. The van der Waals surface area contributed by atoms with E-state index >= 15 is 0 Å². The van der Waals surface area contributed by atoms with Gasteiger partial charge in [0.25, 0.3) is 11.5 Å². The molecule has 10 heteroatoms. The maximum atomic E-state index is 13.2. The fourth-order valence-electron chi connectivity index (χ4n) is 3.32. The molecule has 1 unspecified atom stereocenters. The number of benzene rings is 1. The van der Waals surface area contributed by atoms with E-state index in [0.29, 0.717) is 11.3 Å². The number of allylic oxidation sites excluding steroid dienone is 1. The normalized spacial score (nSPS) is 15.4. The van der Waals surface area contributed by atoms with Crippen molar-refractivity contribution < 1.29 is 19.1 Å². The van der Waals surface area contributed by atoms with Gasteiger partial charge in [0, 0.05) is 20.2 Å². The highest BCUT2D eigenvalue weighted by Crippen LogP contribution is 2.37. The van der Waals surface area contributed by atoms with Crippen molar-refractivity contribution >= 4 is 40.7 Å². The zero-order valence-corrected chi connectivity index (χ0v) is 18.1. The van der Waals surface area contributed by atoms with Crippen LogP contribution in [0.15, 0.2) is 34.6 Å². The quantitative estimate of drug-likeness (QED) is 0.651. The Bertz CT molecular complexity index is 1330. The Morgan fingerprint density at radius 2 is 2.00 bits per heavy atom. The first kappa shape index (κ1) is 24.4. The summed E-state index contributed by atoms with van der Waals surface area (Å²) in [7, 11) is 5.85. The molecule has 1 aromatic heterocycles. The monoisotopic (exact) mass is 456 g/mol. The molecule has 0 bridgehead atoms. The number of hydrogen-bond acceptors (Lipinski definition) is 8. The molecule has 0 spiro atoms. The number of methoxy groups -OCH3 is 2. The molecule has 2 heterocycles. The Balaban J connectivity index is 0.00000363. The van der Waals surface area contributed by atoms with Gasteiger partial charge in [0.2, 0.25) is 0 Å². The maximum Gasteiger partial charge on any atom is 0.332 e. The summed E-state index contributed by atoms with van der Waals surface area (Å²) in [5.41, 5.74) is 6.50. The van der Waals surface area contributed by atoms with Crippen molar-refractivity contribution in [3.63, 3.8) is 0 Å². The molecule has 1 aliphatic rings. The average Bonchev–Trinajstić information content (AvgIpc) is 3.08. The number of nitriles is 1. The number of hydrogen-bond donors (Lipinski definition) is 1. The van der Waals surface area contributed by atoms with Crippen LogP contribution in [0.25, 0.3) is 17.5 Å². The van der Waals surface area contributed by atoms with Crippen molar-refractivity contribution in [2.75, 3.05) is 28.3 Å². The van der Waals surface area contributed by atoms with Crippen molar-refractivity contribution in [2.24, 2.45) is 5.73 Å². The van der Waals surface area contributed by atoms with Crippen LogP contribution in [0.3, 0.4) is 0 Å². The molecule has 0 radical (unpaired) electrons. The SMILES string of the molecule is C.COC(=O)/C=c1\sc2n(c1=O)C(N)=C(C#N)C(c1cccc(OC)c1)C=2C(=O)N(C)C. The minimum Gasteiger partial charge on any atom is -0.497 e. The fourth-order valence-corrected chi connectivity index (χ4v) is 4.45.